The highest BCUT2D eigenvalue weighted by Crippen LogP contribution is 2.32. The molecule has 2 rings (SSSR count). The van der Waals surface area contributed by atoms with Crippen LogP contribution in [-0.2, 0) is 25.7 Å². The van der Waals surface area contributed by atoms with Gasteiger partial charge in [-0.15, -0.1) is 0 Å². The maximum absolute atomic E-state index is 11.1. The van der Waals surface area contributed by atoms with Crippen molar-refractivity contribution in [2.45, 2.75) is 6.61 Å². The molecule has 1 aliphatic heterocycles. The average Bonchev–Trinajstić information content (AvgIpc) is 2.89. The highest BCUT2D eigenvalue weighted by molar-refractivity contribution is 6.38. The van der Waals surface area contributed by atoms with Crippen LogP contribution >= 0.6 is 0 Å². The molecule has 1 aromatic carbocycles. The molecule has 0 unspecified atom stereocenters. The first-order chi connectivity index (χ1) is 9.20. The molecule has 0 fully saturated rings. The monoisotopic (exact) mass is 264 g/mol. The van der Waals surface area contributed by atoms with Crippen LogP contribution in [0, 0.1) is 0 Å². The zero-order chi connectivity index (χ0) is 13.7. The van der Waals surface area contributed by atoms with E-state index in [1.165, 1.54) is 0 Å². The van der Waals surface area contributed by atoms with E-state index < -0.39 is 11.8 Å². The lowest BCUT2D eigenvalue weighted by atomic mass is 10.2. The second-order valence-electron chi connectivity index (χ2n) is 3.66. The minimum absolute atomic E-state index is 0.215. The minimum Gasteiger partial charge on any atom is -0.496 e. The average molecular weight is 264 g/mol. The smallest absolute Gasteiger partial charge is 0.378 e. The molecule has 0 saturated heterocycles. The van der Waals surface area contributed by atoms with Crippen molar-refractivity contribution in [1.29, 1.82) is 0 Å². The van der Waals surface area contributed by atoms with E-state index in [9.17, 15) is 9.59 Å². The Bertz CT molecular complexity index is 520. The van der Waals surface area contributed by atoms with Crippen molar-refractivity contribution < 1.29 is 28.5 Å². The normalized spacial score (nSPS) is 12.5. The third-order valence-electron chi connectivity index (χ3n) is 2.39. The molecular formula is C13H12O6. The summed E-state index contributed by atoms with van der Waals surface area (Å²) >= 11 is 0. The highest BCUT2D eigenvalue weighted by Gasteiger charge is 2.13. The van der Waals surface area contributed by atoms with Crippen LogP contribution in [0.2, 0.25) is 0 Å². The number of carbonyl (C=O) groups excluding carboxylic acids is 2. The summed E-state index contributed by atoms with van der Waals surface area (Å²) in [4.78, 5) is 21.9. The van der Waals surface area contributed by atoms with Crippen molar-refractivity contribution in [1.82, 2.24) is 0 Å². The number of hydrogen-bond acceptors (Lipinski definition) is 6. The van der Waals surface area contributed by atoms with Gasteiger partial charge in [0.2, 0.25) is 6.79 Å². The van der Waals surface area contributed by atoms with Crippen LogP contribution in [0.1, 0.15) is 5.56 Å². The quantitative estimate of drug-likeness (QED) is 0.344. The van der Waals surface area contributed by atoms with Crippen molar-refractivity contribution in [2.24, 2.45) is 0 Å². The van der Waals surface area contributed by atoms with E-state index in [0.717, 1.165) is 25.0 Å². The second-order valence-corrected chi connectivity index (χ2v) is 3.66. The summed E-state index contributed by atoms with van der Waals surface area (Å²) in [6.45, 7) is 0.467. The van der Waals surface area contributed by atoms with Crippen molar-refractivity contribution in [3.8, 4) is 11.5 Å². The number of esters is 1. The standard InChI is InChI=1S/C13H12O6/c1-16-13(15)10(14)4-5-17-7-9-2-3-11-12(6-9)19-8-18-11/h2-6H,7-8H2,1H3/b5-4+. The Morgan fingerprint density at radius 3 is 2.89 bits per heavy atom. The zero-order valence-electron chi connectivity index (χ0n) is 10.3. The third-order valence-corrected chi connectivity index (χ3v) is 2.39. The fourth-order valence-corrected chi connectivity index (χ4v) is 1.45. The predicted molar refractivity (Wildman–Crippen MR) is 63.5 cm³/mol. The van der Waals surface area contributed by atoms with Crippen LogP contribution < -0.4 is 9.47 Å². The molecule has 6 heteroatoms. The summed E-state index contributed by atoms with van der Waals surface area (Å²) in [5.74, 6) is -0.341. The van der Waals surface area contributed by atoms with Gasteiger partial charge in [0.1, 0.15) is 6.61 Å². The van der Waals surface area contributed by atoms with Crippen molar-refractivity contribution >= 4 is 11.8 Å². The molecule has 1 aromatic rings. The van der Waals surface area contributed by atoms with Gasteiger partial charge in [-0.1, -0.05) is 6.07 Å². The molecule has 1 heterocycles. The summed E-state index contributed by atoms with van der Waals surface area (Å²) in [6.07, 6.45) is 2.17. The van der Waals surface area contributed by atoms with Crippen LogP contribution in [0.15, 0.2) is 30.5 Å². The number of ether oxygens (including phenoxy) is 4. The number of methoxy groups -OCH3 is 1. The van der Waals surface area contributed by atoms with Gasteiger partial charge >= 0.3 is 5.97 Å². The molecule has 0 N–H and O–H groups in total. The Labute approximate surface area is 109 Å². The number of fused-ring (bicyclic) bond motifs is 1. The van der Waals surface area contributed by atoms with Crippen molar-refractivity contribution in [2.75, 3.05) is 13.9 Å². The Morgan fingerprint density at radius 2 is 2.11 bits per heavy atom. The maximum Gasteiger partial charge on any atom is 0.378 e. The number of hydrogen-bond donors (Lipinski definition) is 0. The molecule has 0 bridgehead atoms. The molecule has 0 radical (unpaired) electrons. The molecule has 6 nitrogen and oxygen atoms in total. The molecule has 19 heavy (non-hydrogen) atoms. The van der Waals surface area contributed by atoms with E-state index in [2.05, 4.69) is 4.74 Å². The number of carbonyl (C=O) groups is 2. The molecule has 0 saturated carbocycles. The lowest BCUT2D eigenvalue weighted by Gasteiger charge is -2.02. The first-order valence-corrected chi connectivity index (χ1v) is 5.49. The Morgan fingerprint density at radius 1 is 1.32 bits per heavy atom. The molecular weight excluding hydrogens is 252 g/mol. The van der Waals surface area contributed by atoms with Gasteiger partial charge in [-0.05, 0) is 17.7 Å². The summed E-state index contributed by atoms with van der Waals surface area (Å²) < 4.78 is 19.8. The zero-order valence-corrected chi connectivity index (χ0v) is 10.3. The van der Waals surface area contributed by atoms with Crippen LogP contribution in [-0.4, -0.2) is 25.7 Å². The Hall–Kier alpha value is -2.50. The first kappa shape index (κ1) is 12.9. The molecule has 0 aromatic heterocycles. The summed E-state index contributed by atoms with van der Waals surface area (Å²) in [6, 6.07) is 5.39. The minimum atomic E-state index is -0.928. The largest absolute Gasteiger partial charge is 0.496 e. The Kier molecular flexibility index (Phi) is 4.02. The first-order valence-electron chi connectivity index (χ1n) is 5.49. The fraction of sp³-hybridized carbons (Fsp3) is 0.231. The molecule has 0 aliphatic carbocycles. The summed E-state index contributed by atoms with van der Waals surface area (Å²) in [5.41, 5.74) is 0.861. The number of ketones is 1. The topological polar surface area (TPSA) is 71.1 Å². The maximum atomic E-state index is 11.1. The van der Waals surface area contributed by atoms with E-state index in [-0.39, 0.29) is 13.4 Å². The SMILES string of the molecule is COC(=O)C(=O)/C=C/OCc1ccc2c(c1)OCO2. The van der Waals surface area contributed by atoms with E-state index in [4.69, 9.17) is 14.2 Å². The third kappa shape index (κ3) is 3.25. The van der Waals surface area contributed by atoms with E-state index >= 15 is 0 Å². The fourth-order valence-electron chi connectivity index (χ4n) is 1.45. The molecule has 1 aliphatic rings. The van der Waals surface area contributed by atoms with E-state index in [1.807, 2.05) is 6.07 Å². The predicted octanol–water partition coefficient (Wildman–Crippen LogP) is 1.19. The van der Waals surface area contributed by atoms with Crippen LogP contribution in [0.4, 0.5) is 0 Å². The van der Waals surface area contributed by atoms with Gasteiger partial charge in [0.25, 0.3) is 5.78 Å². The van der Waals surface area contributed by atoms with Gasteiger partial charge in [0.15, 0.2) is 11.5 Å². The van der Waals surface area contributed by atoms with Gasteiger partial charge in [-0.2, -0.15) is 0 Å². The summed E-state index contributed by atoms with van der Waals surface area (Å²) in [7, 11) is 1.14. The molecule has 0 atom stereocenters. The highest BCUT2D eigenvalue weighted by atomic mass is 16.7. The molecule has 0 spiro atoms. The van der Waals surface area contributed by atoms with E-state index in [1.54, 1.807) is 12.1 Å². The Balaban J connectivity index is 1.84. The second kappa shape index (κ2) is 5.90. The van der Waals surface area contributed by atoms with E-state index in [0.29, 0.717) is 11.5 Å². The van der Waals surface area contributed by atoms with Crippen molar-refractivity contribution in [3.63, 3.8) is 0 Å². The van der Waals surface area contributed by atoms with Gasteiger partial charge in [0, 0.05) is 6.08 Å². The van der Waals surface area contributed by atoms with Gasteiger partial charge in [0.05, 0.1) is 13.4 Å². The van der Waals surface area contributed by atoms with Crippen LogP contribution in [0.3, 0.4) is 0 Å². The summed E-state index contributed by atoms with van der Waals surface area (Å²) in [5, 5.41) is 0. The van der Waals surface area contributed by atoms with Crippen molar-refractivity contribution in [3.05, 3.63) is 36.1 Å². The number of rotatable bonds is 5. The van der Waals surface area contributed by atoms with Gasteiger partial charge in [-0.25, -0.2) is 4.79 Å². The lowest BCUT2D eigenvalue weighted by Crippen LogP contribution is -2.12. The van der Waals surface area contributed by atoms with Crippen LogP contribution in [0.25, 0.3) is 0 Å². The number of benzene rings is 1. The van der Waals surface area contributed by atoms with Crippen LogP contribution in [0.5, 0.6) is 11.5 Å². The molecule has 100 valence electrons. The van der Waals surface area contributed by atoms with Gasteiger partial charge in [-0.3, -0.25) is 4.79 Å². The molecule has 0 amide bonds. The van der Waals surface area contributed by atoms with Gasteiger partial charge < -0.3 is 18.9 Å². The lowest BCUT2D eigenvalue weighted by molar-refractivity contribution is -0.149.